The van der Waals surface area contributed by atoms with E-state index in [1.54, 1.807) is 18.3 Å². The van der Waals surface area contributed by atoms with Gasteiger partial charge in [-0.25, -0.2) is 9.18 Å². The molecule has 4 rings (SSSR count). The minimum atomic E-state index is -0.621. The highest BCUT2D eigenvalue weighted by Gasteiger charge is 2.39. The summed E-state index contributed by atoms with van der Waals surface area (Å²) in [6, 6.07) is 6.45. The first-order valence-corrected chi connectivity index (χ1v) is 12.5. The van der Waals surface area contributed by atoms with E-state index < -0.39 is 17.5 Å². The number of carbonyl (C=O) groups excluding carboxylic acids is 1. The largest absolute Gasteiger partial charge is 0.444 e. The van der Waals surface area contributed by atoms with E-state index in [1.165, 1.54) is 6.07 Å². The number of hydrogen-bond acceptors (Lipinski definition) is 6. The van der Waals surface area contributed by atoms with Crippen LogP contribution in [0, 0.1) is 5.82 Å². The SMILES string of the molecule is CC(C)(C)OC(=O)NC1CCC(CCc2ccnc3ccc(F)cc23)OC1CC1COC(C)(C)O1. The van der Waals surface area contributed by atoms with Crippen molar-refractivity contribution in [2.45, 2.75) is 102 Å². The fourth-order valence-corrected chi connectivity index (χ4v) is 4.87. The molecule has 2 fully saturated rings. The maximum absolute atomic E-state index is 13.8. The Balaban J connectivity index is 1.42. The minimum Gasteiger partial charge on any atom is -0.444 e. The number of nitrogens with one attached hydrogen (secondary N) is 1. The summed E-state index contributed by atoms with van der Waals surface area (Å²) in [7, 11) is 0. The molecule has 35 heavy (non-hydrogen) atoms. The third-order valence-corrected chi connectivity index (χ3v) is 6.41. The van der Waals surface area contributed by atoms with E-state index in [-0.39, 0.29) is 30.2 Å². The van der Waals surface area contributed by atoms with E-state index in [0.717, 1.165) is 42.1 Å². The first-order valence-electron chi connectivity index (χ1n) is 12.5. The fourth-order valence-electron chi connectivity index (χ4n) is 4.87. The lowest BCUT2D eigenvalue weighted by Crippen LogP contribution is -2.51. The molecule has 4 atom stereocenters. The maximum Gasteiger partial charge on any atom is 0.407 e. The van der Waals surface area contributed by atoms with Crippen LogP contribution in [0.5, 0.6) is 0 Å². The van der Waals surface area contributed by atoms with E-state index in [9.17, 15) is 9.18 Å². The fraction of sp³-hybridized carbons (Fsp3) is 0.630. The van der Waals surface area contributed by atoms with Gasteiger partial charge in [-0.1, -0.05) is 0 Å². The van der Waals surface area contributed by atoms with Gasteiger partial charge in [-0.15, -0.1) is 0 Å². The molecule has 2 aromatic rings. The smallest absolute Gasteiger partial charge is 0.407 e. The van der Waals surface area contributed by atoms with Crippen LogP contribution in [0.2, 0.25) is 0 Å². The molecular weight excluding hydrogens is 451 g/mol. The number of halogens is 1. The van der Waals surface area contributed by atoms with Gasteiger partial charge < -0.3 is 24.3 Å². The lowest BCUT2D eigenvalue weighted by molar-refractivity contribution is -0.148. The van der Waals surface area contributed by atoms with E-state index in [2.05, 4.69) is 10.3 Å². The molecule has 2 aliphatic heterocycles. The Morgan fingerprint density at radius 3 is 2.74 bits per heavy atom. The van der Waals surface area contributed by atoms with E-state index >= 15 is 0 Å². The molecule has 8 heteroatoms. The van der Waals surface area contributed by atoms with Gasteiger partial charge in [-0.05, 0) is 90.1 Å². The number of carbonyl (C=O) groups is 1. The highest BCUT2D eigenvalue weighted by Crippen LogP contribution is 2.31. The Labute approximate surface area is 206 Å². The Morgan fingerprint density at radius 1 is 1.23 bits per heavy atom. The minimum absolute atomic E-state index is 0.0174. The van der Waals surface area contributed by atoms with Crippen LogP contribution in [0.25, 0.3) is 10.9 Å². The molecule has 1 aromatic carbocycles. The van der Waals surface area contributed by atoms with Crippen LogP contribution in [0.3, 0.4) is 0 Å². The number of aryl methyl sites for hydroxylation is 1. The van der Waals surface area contributed by atoms with E-state index in [4.69, 9.17) is 18.9 Å². The summed E-state index contributed by atoms with van der Waals surface area (Å²) < 4.78 is 37.6. The van der Waals surface area contributed by atoms with Crippen LogP contribution < -0.4 is 5.32 Å². The molecule has 1 N–H and O–H groups in total. The van der Waals surface area contributed by atoms with Crippen molar-refractivity contribution in [3.05, 3.63) is 41.8 Å². The van der Waals surface area contributed by atoms with Gasteiger partial charge in [-0.2, -0.15) is 0 Å². The number of rotatable bonds is 6. The van der Waals surface area contributed by atoms with Gasteiger partial charge in [0.05, 0.1) is 36.5 Å². The van der Waals surface area contributed by atoms with Crippen molar-refractivity contribution >= 4 is 17.0 Å². The van der Waals surface area contributed by atoms with Crippen molar-refractivity contribution in [2.75, 3.05) is 6.61 Å². The summed E-state index contributed by atoms with van der Waals surface area (Å²) >= 11 is 0. The lowest BCUT2D eigenvalue weighted by atomic mass is 9.92. The molecule has 3 heterocycles. The van der Waals surface area contributed by atoms with Gasteiger partial charge in [0, 0.05) is 18.0 Å². The summed E-state index contributed by atoms with van der Waals surface area (Å²) in [5.74, 6) is -0.886. The Morgan fingerprint density at radius 2 is 2.03 bits per heavy atom. The van der Waals surface area contributed by atoms with E-state index in [1.807, 2.05) is 40.7 Å². The number of aromatic nitrogens is 1. The normalized spacial score (nSPS) is 26.6. The summed E-state index contributed by atoms with van der Waals surface area (Å²) in [5, 5.41) is 3.85. The zero-order valence-corrected chi connectivity index (χ0v) is 21.3. The van der Waals surface area contributed by atoms with Crippen molar-refractivity contribution in [3.63, 3.8) is 0 Å². The van der Waals surface area contributed by atoms with Gasteiger partial charge >= 0.3 is 6.09 Å². The van der Waals surface area contributed by atoms with Crippen molar-refractivity contribution in [3.8, 4) is 0 Å². The topological polar surface area (TPSA) is 78.9 Å². The second kappa shape index (κ2) is 10.4. The molecule has 192 valence electrons. The molecule has 1 amide bonds. The molecule has 4 unspecified atom stereocenters. The molecule has 0 spiro atoms. The predicted molar refractivity (Wildman–Crippen MR) is 131 cm³/mol. The first-order chi connectivity index (χ1) is 16.5. The highest BCUT2D eigenvalue weighted by atomic mass is 19.1. The number of pyridine rings is 1. The quantitative estimate of drug-likeness (QED) is 0.595. The zero-order valence-electron chi connectivity index (χ0n) is 21.3. The molecule has 0 aliphatic carbocycles. The van der Waals surface area contributed by atoms with Gasteiger partial charge in [0.2, 0.25) is 0 Å². The highest BCUT2D eigenvalue weighted by molar-refractivity contribution is 5.82. The average molecular weight is 489 g/mol. The Hall–Kier alpha value is -2.29. The van der Waals surface area contributed by atoms with Crippen molar-refractivity contribution in [1.82, 2.24) is 10.3 Å². The van der Waals surface area contributed by atoms with Gasteiger partial charge in [0.25, 0.3) is 0 Å². The van der Waals surface area contributed by atoms with Crippen molar-refractivity contribution < 1.29 is 28.1 Å². The average Bonchev–Trinajstić information content (AvgIpc) is 3.10. The van der Waals surface area contributed by atoms with Gasteiger partial charge in [0.1, 0.15) is 11.4 Å². The van der Waals surface area contributed by atoms with Crippen LogP contribution in [0.1, 0.15) is 65.9 Å². The van der Waals surface area contributed by atoms with Crippen LogP contribution in [0.15, 0.2) is 30.5 Å². The summed E-state index contributed by atoms with van der Waals surface area (Å²) in [6.07, 6.45) is 4.74. The number of fused-ring (bicyclic) bond motifs is 1. The molecule has 1 aromatic heterocycles. The Kier molecular flexibility index (Phi) is 7.64. The molecule has 2 aliphatic rings. The van der Waals surface area contributed by atoms with Crippen LogP contribution in [0.4, 0.5) is 9.18 Å². The predicted octanol–water partition coefficient (Wildman–Crippen LogP) is 5.29. The van der Waals surface area contributed by atoms with Crippen molar-refractivity contribution in [1.29, 1.82) is 0 Å². The third-order valence-electron chi connectivity index (χ3n) is 6.41. The Bertz CT molecular complexity index is 1040. The lowest BCUT2D eigenvalue weighted by Gasteiger charge is -2.38. The van der Waals surface area contributed by atoms with E-state index in [0.29, 0.717) is 13.0 Å². The van der Waals surface area contributed by atoms with Crippen LogP contribution in [-0.4, -0.2) is 53.4 Å². The molecule has 0 radical (unpaired) electrons. The monoisotopic (exact) mass is 488 g/mol. The second-order valence-electron chi connectivity index (χ2n) is 11.0. The summed E-state index contributed by atoms with van der Waals surface area (Å²) in [5.41, 5.74) is 1.27. The van der Waals surface area contributed by atoms with Gasteiger partial charge in [0.15, 0.2) is 5.79 Å². The number of nitrogens with zero attached hydrogens (tertiary/aromatic N) is 1. The standard InChI is InChI=1S/C27H37FN2O5/c1-26(2,3)35-25(31)30-23-11-9-19(33-24(23)15-20-16-32-27(4,5)34-20)8-6-17-12-13-29-22-10-7-18(28)14-21(17)22/h7,10,12-14,19-20,23-24H,6,8-9,11,15-16H2,1-5H3,(H,30,31). The summed E-state index contributed by atoms with van der Waals surface area (Å²) in [4.78, 5) is 16.8. The molecule has 0 bridgehead atoms. The van der Waals surface area contributed by atoms with Crippen molar-refractivity contribution in [2.24, 2.45) is 0 Å². The van der Waals surface area contributed by atoms with Crippen LogP contribution in [-0.2, 0) is 25.4 Å². The van der Waals surface area contributed by atoms with Gasteiger partial charge in [-0.3, -0.25) is 4.98 Å². The third kappa shape index (κ3) is 7.12. The number of alkyl carbamates (subject to hydrolysis) is 1. The maximum atomic E-state index is 13.8. The molecule has 2 saturated heterocycles. The second-order valence-corrected chi connectivity index (χ2v) is 11.0. The molecule has 0 saturated carbocycles. The number of amides is 1. The zero-order chi connectivity index (χ0) is 25.2. The number of ether oxygens (including phenoxy) is 4. The number of benzene rings is 1. The number of hydrogen-bond donors (Lipinski definition) is 1. The molecular formula is C27H37FN2O5. The van der Waals surface area contributed by atoms with Crippen LogP contribution >= 0.6 is 0 Å². The first kappa shape index (κ1) is 25.8. The summed E-state index contributed by atoms with van der Waals surface area (Å²) in [6.45, 7) is 9.82. The molecule has 7 nitrogen and oxygen atoms in total.